The van der Waals surface area contributed by atoms with Gasteiger partial charge in [-0.3, -0.25) is 14.0 Å². The number of nitrogens with zero attached hydrogens (tertiary/aromatic N) is 3. The van der Waals surface area contributed by atoms with Crippen LogP contribution in [0.5, 0.6) is 0 Å². The van der Waals surface area contributed by atoms with E-state index < -0.39 is 5.97 Å². The molecule has 0 atom stereocenters. The van der Waals surface area contributed by atoms with Crippen molar-refractivity contribution in [3.63, 3.8) is 0 Å². The molecule has 0 radical (unpaired) electrons. The number of imidazole rings is 1. The molecular weight excluding hydrogens is 350 g/mol. The van der Waals surface area contributed by atoms with E-state index in [0.29, 0.717) is 24.3 Å². The average Bonchev–Trinajstić information content (AvgIpc) is 2.84. The predicted molar refractivity (Wildman–Crippen MR) is 86.1 cm³/mol. The van der Waals surface area contributed by atoms with E-state index in [1.807, 2.05) is 26.0 Å². The Morgan fingerprint density at radius 1 is 1.36 bits per heavy atom. The van der Waals surface area contributed by atoms with E-state index in [0.717, 1.165) is 10.2 Å². The van der Waals surface area contributed by atoms with E-state index in [1.54, 1.807) is 10.6 Å². The van der Waals surface area contributed by atoms with Crippen LogP contribution in [0.3, 0.4) is 0 Å². The van der Waals surface area contributed by atoms with Crippen molar-refractivity contribution in [3.8, 4) is 0 Å². The molecule has 0 aromatic carbocycles. The number of hydrogen-bond acceptors (Lipinski definition) is 3. The third kappa shape index (κ3) is 3.30. The van der Waals surface area contributed by atoms with Gasteiger partial charge in [-0.2, -0.15) is 0 Å². The first-order valence-corrected chi connectivity index (χ1v) is 7.94. The number of carboxylic acids is 1. The molecule has 6 nitrogen and oxygen atoms in total. The predicted octanol–water partition coefficient (Wildman–Crippen LogP) is 2.60. The maximum Gasteiger partial charge on any atom is 0.305 e. The second-order valence-electron chi connectivity index (χ2n) is 4.86. The van der Waals surface area contributed by atoms with Crippen molar-refractivity contribution in [2.75, 3.05) is 13.1 Å². The van der Waals surface area contributed by atoms with Crippen LogP contribution in [0.25, 0.3) is 5.65 Å². The summed E-state index contributed by atoms with van der Waals surface area (Å²) in [5.41, 5.74) is 1.93. The minimum Gasteiger partial charge on any atom is -0.481 e. The van der Waals surface area contributed by atoms with Crippen LogP contribution in [0.4, 0.5) is 0 Å². The molecule has 0 aliphatic carbocycles. The molecule has 7 heteroatoms. The molecule has 1 amide bonds. The van der Waals surface area contributed by atoms with Gasteiger partial charge < -0.3 is 10.0 Å². The summed E-state index contributed by atoms with van der Waals surface area (Å²) in [4.78, 5) is 29.6. The Labute approximate surface area is 136 Å². The van der Waals surface area contributed by atoms with E-state index in [2.05, 4.69) is 20.9 Å². The van der Waals surface area contributed by atoms with Crippen LogP contribution in [0.15, 0.2) is 22.8 Å². The summed E-state index contributed by atoms with van der Waals surface area (Å²) in [7, 11) is 0. The monoisotopic (exact) mass is 367 g/mol. The van der Waals surface area contributed by atoms with Crippen molar-refractivity contribution >= 4 is 33.5 Å². The van der Waals surface area contributed by atoms with Gasteiger partial charge in [-0.05, 0) is 41.4 Å². The molecule has 0 fully saturated rings. The number of fused-ring (bicyclic) bond motifs is 1. The van der Waals surface area contributed by atoms with Crippen LogP contribution in [0.2, 0.25) is 0 Å². The lowest BCUT2D eigenvalue weighted by Crippen LogP contribution is -2.34. The fraction of sp³-hybridized carbons (Fsp3) is 0.400. The minimum absolute atomic E-state index is 0.0680. The number of amides is 1. The summed E-state index contributed by atoms with van der Waals surface area (Å²) in [6.07, 6.45) is 2.37. The van der Waals surface area contributed by atoms with Gasteiger partial charge in [0, 0.05) is 23.8 Å². The first-order valence-electron chi connectivity index (χ1n) is 7.15. The van der Waals surface area contributed by atoms with Gasteiger partial charge in [0.15, 0.2) is 0 Å². The molecule has 2 heterocycles. The van der Waals surface area contributed by atoms with Crippen molar-refractivity contribution in [2.45, 2.75) is 26.7 Å². The highest BCUT2D eigenvalue weighted by molar-refractivity contribution is 9.10. The summed E-state index contributed by atoms with van der Waals surface area (Å²) < 4.78 is 2.61. The number of rotatable bonds is 6. The molecular formula is C15H18BrN3O3. The van der Waals surface area contributed by atoms with Gasteiger partial charge in [-0.15, -0.1) is 0 Å². The number of hydrogen-bond donors (Lipinski definition) is 1. The average molecular weight is 368 g/mol. The summed E-state index contributed by atoms with van der Waals surface area (Å²) in [5, 5.41) is 8.82. The molecule has 0 saturated carbocycles. The van der Waals surface area contributed by atoms with Gasteiger partial charge in [0.1, 0.15) is 11.3 Å². The molecule has 2 aromatic rings. The zero-order valence-electron chi connectivity index (χ0n) is 12.5. The summed E-state index contributed by atoms with van der Waals surface area (Å²) >= 11 is 3.40. The number of aliphatic carboxylic acids is 1. The summed E-state index contributed by atoms with van der Waals surface area (Å²) in [5.74, 6) is -1.10. The van der Waals surface area contributed by atoms with E-state index >= 15 is 0 Å². The number of carbonyl (C=O) groups is 2. The van der Waals surface area contributed by atoms with Crippen molar-refractivity contribution in [3.05, 3.63) is 34.2 Å². The zero-order chi connectivity index (χ0) is 16.3. The maximum absolute atomic E-state index is 12.8. The second kappa shape index (κ2) is 6.91. The number of carbonyl (C=O) groups excluding carboxylic acids is 1. The zero-order valence-corrected chi connectivity index (χ0v) is 14.1. The molecule has 0 unspecified atom stereocenters. The van der Waals surface area contributed by atoms with Gasteiger partial charge in [-0.1, -0.05) is 6.92 Å². The lowest BCUT2D eigenvalue weighted by atomic mass is 10.2. The summed E-state index contributed by atoms with van der Waals surface area (Å²) in [6, 6.07) is 3.71. The number of aromatic nitrogens is 2. The largest absolute Gasteiger partial charge is 0.481 e. The highest BCUT2D eigenvalue weighted by Gasteiger charge is 2.23. The van der Waals surface area contributed by atoms with Crippen LogP contribution in [-0.4, -0.2) is 44.4 Å². The molecule has 2 aromatic heterocycles. The van der Waals surface area contributed by atoms with E-state index in [9.17, 15) is 9.59 Å². The Kier molecular flexibility index (Phi) is 5.18. The number of carboxylic acid groups (broad SMARTS) is 1. The SMILES string of the molecule is CCc1nc2ccc(Br)cn2c1C(=O)N(CC)CCC(=O)O. The molecule has 118 valence electrons. The first-order chi connectivity index (χ1) is 10.5. The van der Waals surface area contributed by atoms with Crippen LogP contribution in [0, 0.1) is 0 Å². The van der Waals surface area contributed by atoms with E-state index in [4.69, 9.17) is 5.11 Å². The van der Waals surface area contributed by atoms with Crippen LogP contribution < -0.4 is 0 Å². The van der Waals surface area contributed by atoms with Crippen LogP contribution in [-0.2, 0) is 11.2 Å². The molecule has 0 saturated heterocycles. The Hall–Kier alpha value is -1.89. The van der Waals surface area contributed by atoms with Crippen molar-refractivity contribution in [1.29, 1.82) is 0 Å². The highest BCUT2D eigenvalue weighted by Crippen LogP contribution is 2.19. The Morgan fingerprint density at radius 2 is 2.09 bits per heavy atom. The Bertz CT molecular complexity index is 711. The second-order valence-corrected chi connectivity index (χ2v) is 5.78. The topological polar surface area (TPSA) is 74.9 Å². The van der Waals surface area contributed by atoms with Gasteiger partial charge >= 0.3 is 5.97 Å². The number of aryl methyl sites for hydroxylation is 1. The van der Waals surface area contributed by atoms with Crippen LogP contribution in [0.1, 0.15) is 36.5 Å². The van der Waals surface area contributed by atoms with E-state index in [1.165, 1.54) is 4.90 Å². The number of halogens is 1. The standard InChI is InChI=1S/C15H18BrN3O3/c1-3-11-14(15(22)18(4-2)8-7-13(20)21)19-9-10(16)5-6-12(19)17-11/h5-6,9H,3-4,7-8H2,1-2H3,(H,20,21). The summed E-state index contributed by atoms with van der Waals surface area (Å²) in [6.45, 7) is 4.43. The van der Waals surface area contributed by atoms with Gasteiger partial charge in [0.2, 0.25) is 0 Å². The smallest absolute Gasteiger partial charge is 0.305 e. The third-order valence-corrected chi connectivity index (χ3v) is 3.93. The molecule has 2 rings (SSSR count). The molecule has 0 spiro atoms. The van der Waals surface area contributed by atoms with Gasteiger partial charge in [-0.25, -0.2) is 4.98 Å². The van der Waals surface area contributed by atoms with Crippen molar-refractivity contribution in [1.82, 2.24) is 14.3 Å². The lowest BCUT2D eigenvalue weighted by molar-refractivity contribution is -0.137. The third-order valence-electron chi connectivity index (χ3n) is 3.46. The lowest BCUT2D eigenvalue weighted by Gasteiger charge is -2.20. The Morgan fingerprint density at radius 3 is 2.68 bits per heavy atom. The maximum atomic E-state index is 12.8. The quantitative estimate of drug-likeness (QED) is 0.851. The molecule has 0 aliphatic rings. The first kappa shape index (κ1) is 16.5. The fourth-order valence-corrected chi connectivity index (χ4v) is 2.66. The fourth-order valence-electron chi connectivity index (χ4n) is 2.32. The molecule has 22 heavy (non-hydrogen) atoms. The van der Waals surface area contributed by atoms with E-state index in [-0.39, 0.29) is 18.9 Å². The highest BCUT2D eigenvalue weighted by atomic mass is 79.9. The van der Waals surface area contributed by atoms with Crippen molar-refractivity contribution in [2.24, 2.45) is 0 Å². The van der Waals surface area contributed by atoms with Gasteiger partial charge in [0.25, 0.3) is 5.91 Å². The Balaban J connectivity index is 2.44. The normalized spacial score (nSPS) is 10.9. The molecule has 0 bridgehead atoms. The van der Waals surface area contributed by atoms with Crippen molar-refractivity contribution < 1.29 is 14.7 Å². The molecule has 1 N–H and O–H groups in total. The minimum atomic E-state index is -0.914. The van der Waals surface area contributed by atoms with Gasteiger partial charge in [0.05, 0.1) is 12.1 Å². The van der Waals surface area contributed by atoms with Crippen LogP contribution >= 0.6 is 15.9 Å². The molecule has 0 aliphatic heterocycles. The number of pyridine rings is 1.